The fraction of sp³-hybridized carbons (Fsp3) is 0.333. The number of halogens is 1. The molecule has 1 heterocycles. The fourth-order valence-corrected chi connectivity index (χ4v) is 3.04. The van der Waals surface area contributed by atoms with Crippen LogP contribution < -0.4 is 4.74 Å². The maximum Gasteiger partial charge on any atom is 0.159 e. The number of nitrogens with zero attached hydrogens (tertiary/aromatic N) is 2. The van der Waals surface area contributed by atoms with Gasteiger partial charge in [0.05, 0.1) is 0 Å². The van der Waals surface area contributed by atoms with E-state index in [2.05, 4.69) is 16.9 Å². The van der Waals surface area contributed by atoms with Crippen molar-refractivity contribution in [3.05, 3.63) is 60.9 Å². The van der Waals surface area contributed by atoms with E-state index in [0.29, 0.717) is 18.0 Å². The van der Waals surface area contributed by atoms with E-state index < -0.39 is 6.17 Å². The third-order valence-electron chi connectivity index (χ3n) is 4.77. The Morgan fingerprint density at radius 2 is 1.52 bits per heavy atom. The minimum atomic E-state index is -0.924. The van der Waals surface area contributed by atoms with E-state index in [1.165, 1.54) is 0 Å². The van der Waals surface area contributed by atoms with E-state index in [-0.39, 0.29) is 12.4 Å². The van der Waals surface area contributed by atoms with Crippen LogP contribution in [-0.4, -0.2) is 27.9 Å². The van der Waals surface area contributed by atoms with Crippen LogP contribution in [0, 0.1) is 0 Å². The average molecular weight is 394 g/mol. The number of phenols is 1. The Balaban J connectivity index is 1.54. The fourth-order valence-electron chi connectivity index (χ4n) is 3.04. The molecule has 0 radical (unpaired) electrons. The molecule has 4 nitrogen and oxygen atoms in total. The summed E-state index contributed by atoms with van der Waals surface area (Å²) in [5.41, 5.74) is 2.69. The maximum atomic E-state index is 13.9. The third-order valence-corrected chi connectivity index (χ3v) is 4.77. The molecule has 5 heteroatoms. The summed E-state index contributed by atoms with van der Waals surface area (Å²) < 4.78 is 19.5. The lowest BCUT2D eigenvalue weighted by molar-refractivity contribution is 0.184. The Labute approximate surface area is 171 Å². The van der Waals surface area contributed by atoms with E-state index in [1.54, 1.807) is 36.7 Å². The molecule has 1 atom stereocenters. The van der Waals surface area contributed by atoms with Gasteiger partial charge in [0.2, 0.25) is 0 Å². The number of unbranched alkanes of at least 4 members (excludes halogenated alkanes) is 3. The van der Waals surface area contributed by atoms with E-state index in [9.17, 15) is 9.50 Å². The van der Waals surface area contributed by atoms with Gasteiger partial charge in [-0.1, -0.05) is 44.7 Å². The summed E-state index contributed by atoms with van der Waals surface area (Å²) >= 11 is 0. The number of rotatable bonds is 10. The molecule has 2 aromatic carbocycles. The lowest BCUT2D eigenvalue weighted by Crippen LogP contribution is -2.12. The molecule has 1 aromatic heterocycles. The van der Waals surface area contributed by atoms with E-state index in [4.69, 9.17) is 4.74 Å². The number of hydrogen-bond acceptors (Lipinski definition) is 4. The summed E-state index contributed by atoms with van der Waals surface area (Å²) in [5.74, 6) is 1.47. The van der Waals surface area contributed by atoms with Crippen LogP contribution in [0.2, 0.25) is 0 Å². The summed E-state index contributed by atoms with van der Waals surface area (Å²) in [6.07, 6.45) is 7.48. The average Bonchev–Trinajstić information content (AvgIpc) is 2.76. The summed E-state index contributed by atoms with van der Waals surface area (Å²) in [5, 5.41) is 9.37. The van der Waals surface area contributed by atoms with Crippen molar-refractivity contribution in [2.75, 3.05) is 6.61 Å². The first-order chi connectivity index (χ1) is 14.2. The van der Waals surface area contributed by atoms with E-state index >= 15 is 0 Å². The van der Waals surface area contributed by atoms with Crippen LogP contribution in [0.1, 0.15) is 39.0 Å². The van der Waals surface area contributed by atoms with Gasteiger partial charge in [0.25, 0.3) is 0 Å². The number of aromatic hydroxyl groups is 1. The van der Waals surface area contributed by atoms with Crippen LogP contribution in [0.3, 0.4) is 0 Å². The number of phenolic OH excluding ortho intramolecular Hbond substituents is 1. The van der Waals surface area contributed by atoms with Gasteiger partial charge in [-0.25, -0.2) is 14.4 Å². The van der Waals surface area contributed by atoms with Gasteiger partial charge in [0, 0.05) is 23.5 Å². The molecule has 3 aromatic rings. The minimum Gasteiger partial charge on any atom is -0.508 e. The summed E-state index contributed by atoms with van der Waals surface area (Å²) in [7, 11) is 0. The van der Waals surface area contributed by atoms with Crippen molar-refractivity contribution in [2.45, 2.75) is 45.2 Å². The van der Waals surface area contributed by atoms with E-state index in [1.807, 2.05) is 24.3 Å². The second kappa shape index (κ2) is 10.6. The highest BCUT2D eigenvalue weighted by molar-refractivity contribution is 5.64. The van der Waals surface area contributed by atoms with Gasteiger partial charge < -0.3 is 9.84 Å². The first kappa shape index (κ1) is 20.8. The van der Waals surface area contributed by atoms with Crippen molar-refractivity contribution in [2.24, 2.45) is 0 Å². The van der Waals surface area contributed by atoms with Crippen molar-refractivity contribution in [1.82, 2.24) is 9.97 Å². The highest BCUT2D eigenvalue weighted by Crippen LogP contribution is 2.24. The SMILES string of the molecule is CCCCCCC(F)COc1ccc(-c2cnc(-c3ccc(O)cc3)nc2)cc1. The van der Waals surface area contributed by atoms with Crippen LogP contribution in [0.25, 0.3) is 22.5 Å². The molecular formula is C24H27FN2O2. The Bertz CT molecular complexity index is 865. The Morgan fingerprint density at radius 3 is 2.17 bits per heavy atom. The highest BCUT2D eigenvalue weighted by atomic mass is 19.1. The topological polar surface area (TPSA) is 55.2 Å². The molecule has 0 saturated heterocycles. The monoisotopic (exact) mass is 394 g/mol. The molecule has 0 bridgehead atoms. The number of hydrogen-bond donors (Lipinski definition) is 1. The second-order valence-corrected chi connectivity index (χ2v) is 7.12. The number of ether oxygens (including phenoxy) is 1. The molecule has 1 N–H and O–H groups in total. The Kier molecular flexibility index (Phi) is 7.56. The smallest absolute Gasteiger partial charge is 0.159 e. The van der Waals surface area contributed by atoms with Gasteiger partial charge in [0.15, 0.2) is 5.82 Å². The Morgan fingerprint density at radius 1 is 0.862 bits per heavy atom. The number of alkyl halides is 1. The van der Waals surface area contributed by atoms with Crippen LogP contribution in [-0.2, 0) is 0 Å². The molecule has 0 aliphatic carbocycles. The molecule has 0 aliphatic heterocycles. The zero-order valence-electron chi connectivity index (χ0n) is 16.7. The summed E-state index contributed by atoms with van der Waals surface area (Å²) in [4.78, 5) is 8.81. The summed E-state index contributed by atoms with van der Waals surface area (Å²) in [6.45, 7) is 2.24. The highest BCUT2D eigenvalue weighted by Gasteiger charge is 2.08. The lowest BCUT2D eigenvalue weighted by atomic mass is 10.1. The number of benzene rings is 2. The van der Waals surface area contributed by atoms with E-state index in [0.717, 1.165) is 42.4 Å². The normalized spacial score (nSPS) is 11.9. The summed E-state index contributed by atoms with van der Waals surface area (Å²) in [6, 6.07) is 14.3. The van der Waals surface area contributed by atoms with Crippen molar-refractivity contribution >= 4 is 0 Å². The van der Waals surface area contributed by atoms with Crippen molar-refractivity contribution in [3.8, 4) is 34.0 Å². The molecule has 0 spiro atoms. The maximum absolute atomic E-state index is 13.9. The quantitative estimate of drug-likeness (QED) is 0.416. The van der Waals surface area contributed by atoms with Gasteiger partial charge in [-0.05, 0) is 48.4 Å². The van der Waals surface area contributed by atoms with Gasteiger partial charge in [0.1, 0.15) is 24.3 Å². The second-order valence-electron chi connectivity index (χ2n) is 7.12. The lowest BCUT2D eigenvalue weighted by Gasteiger charge is -2.11. The van der Waals surface area contributed by atoms with Crippen LogP contribution >= 0.6 is 0 Å². The van der Waals surface area contributed by atoms with Gasteiger partial charge in [-0.3, -0.25) is 0 Å². The molecule has 1 unspecified atom stereocenters. The minimum absolute atomic E-state index is 0.0932. The van der Waals surface area contributed by atoms with Crippen LogP contribution in [0.15, 0.2) is 60.9 Å². The number of aromatic nitrogens is 2. The van der Waals surface area contributed by atoms with Crippen molar-refractivity contribution in [1.29, 1.82) is 0 Å². The molecule has 0 amide bonds. The van der Waals surface area contributed by atoms with Crippen molar-refractivity contribution < 1.29 is 14.2 Å². The molecule has 3 rings (SSSR count). The molecule has 152 valence electrons. The van der Waals surface area contributed by atoms with Crippen LogP contribution in [0.4, 0.5) is 4.39 Å². The van der Waals surface area contributed by atoms with Gasteiger partial charge in [-0.15, -0.1) is 0 Å². The largest absolute Gasteiger partial charge is 0.508 e. The zero-order valence-corrected chi connectivity index (χ0v) is 16.7. The predicted octanol–water partition coefficient (Wildman–Crippen LogP) is 6.20. The van der Waals surface area contributed by atoms with Gasteiger partial charge >= 0.3 is 0 Å². The zero-order chi connectivity index (χ0) is 20.5. The molecular weight excluding hydrogens is 367 g/mol. The molecule has 0 fully saturated rings. The predicted molar refractivity (Wildman–Crippen MR) is 114 cm³/mol. The molecule has 29 heavy (non-hydrogen) atoms. The third kappa shape index (κ3) is 6.28. The standard InChI is InChI=1S/C24H27FN2O2/c1-2-3-4-5-6-21(25)17-29-23-13-9-18(10-14-23)20-15-26-24(27-16-20)19-7-11-22(28)12-8-19/h7-16,21,28H,2-6,17H2,1H3. The molecule has 0 aliphatic rings. The van der Waals surface area contributed by atoms with Crippen molar-refractivity contribution in [3.63, 3.8) is 0 Å². The van der Waals surface area contributed by atoms with Crippen LogP contribution in [0.5, 0.6) is 11.5 Å². The first-order valence-corrected chi connectivity index (χ1v) is 10.1. The Hall–Kier alpha value is -2.95. The van der Waals surface area contributed by atoms with Gasteiger partial charge in [-0.2, -0.15) is 0 Å². The first-order valence-electron chi connectivity index (χ1n) is 10.1. The molecule has 0 saturated carbocycles.